The Morgan fingerprint density at radius 1 is 1.07 bits per heavy atom. The molecular weight excluding hydrogens is 368 g/mol. The van der Waals surface area contributed by atoms with Gasteiger partial charge in [-0.05, 0) is 67.6 Å². The molecule has 0 aromatic heterocycles. The van der Waals surface area contributed by atoms with Gasteiger partial charge in [0.1, 0.15) is 5.75 Å². The molecule has 3 aliphatic heterocycles. The average molecular weight is 394 g/mol. The lowest BCUT2D eigenvalue weighted by atomic mass is 9.96. The van der Waals surface area contributed by atoms with Crippen molar-refractivity contribution in [3.63, 3.8) is 0 Å². The Kier molecular flexibility index (Phi) is 4.79. The maximum Gasteiger partial charge on any atom is 0.251 e. The van der Waals surface area contributed by atoms with Crippen LogP contribution in [-0.2, 0) is 6.54 Å². The Morgan fingerprint density at radius 3 is 2.52 bits per heavy atom. The van der Waals surface area contributed by atoms with Crippen molar-refractivity contribution in [1.82, 2.24) is 10.2 Å². The molecule has 2 atom stereocenters. The molecule has 3 heterocycles. The highest BCUT2D eigenvalue weighted by atomic mass is 16.7. The zero-order valence-electron chi connectivity index (χ0n) is 16.6. The van der Waals surface area contributed by atoms with E-state index in [0.717, 1.165) is 36.6 Å². The van der Waals surface area contributed by atoms with Gasteiger partial charge < -0.3 is 19.5 Å². The number of nitrogens with zero attached hydrogens (tertiary/aromatic N) is 1. The van der Waals surface area contributed by atoms with Gasteiger partial charge in [0.2, 0.25) is 6.79 Å². The minimum atomic E-state index is 0.00118. The zero-order chi connectivity index (χ0) is 19.8. The van der Waals surface area contributed by atoms with E-state index in [4.69, 9.17) is 14.2 Å². The minimum Gasteiger partial charge on any atom is -0.497 e. The van der Waals surface area contributed by atoms with Gasteiger partial charge in [-0.25, -0.2) is 0 Å². The summed E-state index contributed by atoms with van der Waals surface area (Å²) in [4.78, 5) is 15.2. The fraction of sp³-hybridized carbons (Fsp3) is 0.435. The number of carbonyl (C=O) groups is 1. The number of ether oxygens (including phenoxy) is 3. The Hall–Kier alpha value is -2.73. The number of nitrogens with one attached hydrogen (secondary N) is 1. The Labute approximate surface area is 170 Å². The number of piperidine rings is 1. The molecule has 0 saturated carbocycles. The molecule has 152 valence electrons. The molecule has 1 amide bonds. The number of amides is 1. The predicted octanol–water partition coefficient (Wildman–Crippen LogP) is 3.35. The molecule has 29 heavy (non-hydrogen) atoms. The van der Waals surface area contributed by atoms with Gasteiger partial charge in [0.05, 0.1) is 7.11 Å². The Morgan fingerprint density at radius 2 is 1.79 bits per heavy atom. The fourth-order valence-corrected chi connectivity index (χ4v) is 4.91. The highest BCUT2D eigenvalue weighted by Gasteiger charge is 2.41. The second-order valence-corrected chi connectivity index (χ2v) is 8.12. The van der Waals surface area contributed by atoms with Crippen molar-refractivity contribution in [2.45, 2.75) is 50.4 Å². The van der Waals surface area contributed by atoms with E-state index >= 15 is 0 Å². The van der Waals surface area contributed by atoms with E-state index in [-0.39, 0.29) is 11.9 Å². The van der Waals surface area contributed by atoms with Crippen molar-refractivity contribution in [2.24, 2.45) is 0 Å². The predicted molar refractivity (Wildman–Crippen MR) is 108 cm³/mol. The Bertz CT molecular complexity index is 884. The standard InChI is InChI=1S/C23H26N2O4/c1-27-20-7-3-16(4-8-20)23(26)24-17-11-18-5-6-19(12-17)25(18)13-15-2-9-21-22(10-15)29-14-28-21/h2-4,7-10,17-19H,5-6,11-14H2,1H3,(H,24,26). The molecule has 0 spiro atoms. The van der Waals surface area contributed by atoms with Crippen LogP contribution in [0.15, 0.2) is 42.5 Å². The summed E-state index contributed by atoms with van der Waals surface area (Å²) in [6.45, 7) is 1.23. The molecule has 2 aromatic rings. The van der Waals surface area contributed by atoms with Gasteiger partial charge in [0.25, 0.3) is 5.91 Å². The summed E-state index contributed by atoms with van der Waals surface area (Å²) in [6, 6.07) is 14.8. The van der Waals surface area contributed by atoms with E-state index in [9.17, 15) is 4.79 Å². The van der Waals surface area contributed by atoms with Crippen LogP contribution in [0.5, 0.6) is 17.2 Å². The average Bonchev–Trinajstić information content (AvgIpc) is 3.29. The van der Waals surface area contributed by atoms with Crippen LogP contribution in [0.25, 0.3) is 0 Å². The normalized spacial score (nSPS) is 25.1. The van der Waals surface area contributed by atoms with Crippen LogP contribution in [0.2, 0.25) is 0 Å². The highest BCUT2D eigenvalue weighted by molar-refractivity contribution is 5.94. The molecule has 6 nitrogen and oxygen atoms in total. The third-order valence-electron chi connectivity index (χ3n) is 6.37. The first kappa shape index (κ1) is 18.3. The SMILES string of the molecule is COc1ccc(C(=O)NC2CC3CCC(C2)N3Cc2ccc3c(c2)OCO3)cc1. The van der Waals surface area contributed by atoms with Gasteiger partial charge in [-0.3, -0.25) is 9.69 Å². The molecule has 2 unspecified atom stereocenters. The van der Waals surface area contributed by atoms with Gasteiger partial charge in [0.15, 0.2) is 11.5 Å². The molecule has 0 radical (unpaired) electrons. The number of carbonyl (C=O) groups excluding carboxylic acids is 1. The lowest BCUT2D eigenvalue weighted by Gasteiger charge is -2.39. The largest absolute Gasteiger partial charge is 0.497 e. The molecule has 0 aliphatic carbocycles. The second-order valence-electron chi connectivity index (χ2n) is 8.12. The number of hydrogen-bond acceptors (Lipinski definition) is 5. The van der Waals surface area contributed by atoms with Crippen molar-refractivity contribution in [2.75, 3.05) is 13.9 Å². The van der Waals surface area contributed by atoms with Crippen LogP contribution in [0, 0.1) is 0 Å². The van der Waals surface area contributed by atoms with Gasteiger partial charge in [-0.15, -0.1) is 0 Å². The van der Waals surface area contributed by atoms with Gasteiger partial charge in [-0.1, -0.05) is 6.07 Å². The summed E-state index contributed by atoms with van der Waals surface area (Å²) >= 11 is 0. The van der Waals surface area contributed by atoms with Crippen molar-refractivity contribution in [3.8, 4) is 17.2 Å². The summed E-state index contributed by atoms with van der Waals surface area (Å²) in [5, 5.41) is 3.25. The molecule has 6 heteroatoms. The summed E-state index contributed by atoms with van der Waals surface area (Å²) < 4.78 is 16.1. The Balaban J connectivity index is 1.21. The number of rotatable bonds is 5. The maximum absolute atomic E-state index is 12.6. The van der Waals surface area contributed by atoms with E-state index in [1.807, 2.05) is 30.3 Å². The molecule has 1 N–H and O–H groups in total. The maximum atomic E-state index is 12.6. The molecule has 5 rings (SSSR count). The number of benzene rings is 2. The summed E-state index contributed by atoms with van der Waals surface area (Å²) in [5.41, 5.74) is 1.94. The number of hydrogen-bond donors (Lipinski definition) is 1. The van der Waals surface area contributed by atoms with Crippen LogP contribution in [0.3, 0.4) is 0 Å². The molecule has 2 aromatic carbocycles. The van der Waals surface area contributed by atoms with E-state index < -0.39 is 0 Å². The summed E-state index contributed by atoms with van der Waals surface area (Å²) in [5.74, 6) is 2.44. The zero-order valence-corrected chi connectivity index (χ0v) is 16.6. The first-order valence-electron chi connectivity index (χ1n) is 10.3. The van der Waals surface area contributed by atoms with E-state index in [0.29, 0.717) is 24.4 Å². The monoisotopic (exact) mass is 394 g/mol. The molecule has 3 aliphatic rings. The first-order valence-corrected chi connectivity index (χ1v) is 10.3. The molecule has 2 fully saturated rings. The van der Waals surface area contributed by atoms with Crippen molar-refractivity contribution >= 4 is 5.91 Å². The molecule has 2 bridgehead atoms. The van der Waals surface area contributed by atoms with E-state index in [1.54, 1.807) is 7.11 Å². The summed E-state index contributed by atoms with van der Waals surface area (Å²) in [6.07, 6.45) is 4.40. The van der Waals surface area contributed by atoms with Crippen LogP contribution >= 0.6 is 0 Å². The number of methoxy groups -OCH3 is 1. The third kappa shape index (κ3) is 3.65. The van der Waals surface area contributed by atoms with Gasteiger partial charge in [-0.2, -0.15) is 0 Å². The highest BCUT2D eigenvalue weighted by Crippen LogP contribution is 2.38. The third-order valence-corrected chi connectivity index (χ3v) is 6.37. The van der Waals surface area contributed by atoms with Crippen molar-refractivity contribution in [1.29, 1.82) is 0 Å². The van der Waals surface area contributed by atoms with Crippen molar-refractivity contribution in [3.05, 3.63) is 53.6 Å². The van der Waals surface area contributed by atoms with Crippen LogP contribution in [-0.4, -0.2) is 42.8 Å². The number of fused-ring (bicyclic) bond motifs is 3. The van der Waals surface area contributed by atoms with Crippen LogP contribution in [0.1, 0.15) is 41.6 Å². The quantitative estimate of drug-likeness (QED) is 0.843. The van der Waals surface area contributed by atoms with Gasteiger partial charge in [0, 0.05) is 30.2 Å². The first-order chi connectivity index (χ1) is 14.2. The van der Waals surface area contributed by atoms with Gasteiger partial charge >= 0.3 is 0 Å². The minimum absolute atomic E-state index is 0.00118. The van der Waals surface area contributed by atoms with Crippen LogP contribution < -0.4 is 19.5 Å². The molecule has 2 saturated heterocycles. The van der Waals surface area contributed by atoms with E-state index in [1.165, 1.54) is 18.4 Å². The fourth-order valence-electron chi connectivity index (χ4n) is 4.91. The van der Waals surface area contributed by atoms with E-state index in [2.05, 4.69) is 22.3 Å². The second kappa shape index (κ2) is 7.59. The van der Waals surface area contributed by atoms with Crippen molar-refractivity contribution < 1.29 is 19.0 Å². The smallest absolute Gasteiger partial charge is 0.251 e. The summed E-state index contributed by atoms with van der Waals surface area (Å²) in [7, 11) is 1.63. The lowest BCUT2D eigenvalue weighted by molar-refractivity contribution is 0.0827. The lowest BCUT2D eigenvalue weighted by Crippen LogP contribution is -2.49. The van der Waals surface area contributed by atoms with Crippen LogP contribution in [0.4, 0.5) is 0 Å². The topological polar surface area (TPSA) is 60.0 Å². The molecular formula is C23H26N2O4.